The van der Waals surface area contributed by atoms with Gasteiger partial charge in [0.05, 0.1) is 11.6 Å². The Morgan fingerprint density at radius 3 is 2.42 bits per heavy atom. The molecule has 0 saturated heterocycles. The topological polar surface area (TPSA) is 39.1 Å². The van der Waals surface area contributed by atoms with E-state index < -0.39 is 11.6 Å². The molecule has 0 aromatic heterocycles. The maximum absolute atomic E-state index is 13.6. The van der Waals surface area contributed by atoms with Crippen molar-refractivity contribution >= 4 is 5.69 Å². The smallest absolute Gasteiger partial charge is 0.150 e. The summed E-state index contributed by atoms with van der Waals surface area (Å²) < 4.78 is 27.2. The molecule has 1 rings (SSSR count). The minimum atomic E-state index is -0.734. The Labute approximate surface area is 112 Å². The fourth-order valence-corrected chi connectivity index (χ4v) is 1.70. The van der Waals surface area contributed by atoms with Gasteiger partial charge in [-0.3, -0.25) is 0 Å². The van der Waals surface area contributed by atoms with Gasteiger partial charge in [-0.15, -0.1) is 0 Å². The predicted octanol–water partition coefficient (Wildman–Crippen LogP) is 2.98. The quantitative estimate of drug-likeness (QED) is 0.861. The molecule has 5 heteroatoms. The van der Waals surface area contributed by atoms with Crippen molar-refractivity contribution in [1.29, 1.82) is 5.26 Å². The van der Waals surface area contributed by atoms with Crippen molar-refractivity contribution in [2.75, 3.05) is 25.5 Å². The Bertz CT molecular complexity index is 445. The average molecular weight is 267 g/mol. The van der Waals surface area contributed by atoms with E-state index in [0.29, 0.717) is 19.1 Å². The average Bonchev–Trinajstić information content (AvgIpc) is 2.40. The molecule has 1 N–H and O–H groups in total. The fraction of sp³-hybridized carbons (Fsp3) is 0.500. The highest BCUT2D eigenvalue weighted by Gasteiger charge is 2.11. The van der Waals surface area contributed by atoms with Crippen LogP contribution in [0, 0.1) is 23.0 Å². The molecule has 0 amide bonds. The number of nitrogens with one attached hydrogen (secondary N) is 1. The van der Waals surface area contributed by atoms with Crippen LogP contribution in [0.25, 0.3) is 0 Å². The van der Waals surface area contributed by atoms with Crippen LogP contribution in [-0.2, 0) is 0 Å². The molecule has 1 atom stereocenters. The minimum Gasteiger partial charge on any atom is -0.379 e. The zero-order valence-corrected chi connectivity index (χ0v) is 11.5. The lowest BCUT2D eigenvalue weighted by molar-refractivity contribution is 0.261. The van der Waals surface area contributed by atoms with Crippen LogP contribution < -0.4 is 5.32 Å². The summed E-state index contributed by atoms with van der Waals surface area (Å²) in [7, 11) is 1.97. The maximum Gasteiger partial charge on any atom is 0.150 e. The molecule has 0 saturated carbocycles. The summed E-state index contributed by atoms with van der Waals surface area (Å²) in [6.07, 6.45) is 1.02. The second-order valence-corrected chi connectivity index (χ2v) is 4.59. The lowest BCUT2D eigenvalue weighted by atomic mass is 10.2. The predicted molar refractivity (Wildman–Crippen MR) is 71.9 cm³/mol. The maximum atomic E-state index is 13.6. The second kappa shape index (κ2) is 7.05. The first kappa shape index (κ1) is 15.4. The Kier molecular flexibility index (Phi) is 5.71. The van der Waals surface area contributed by atoms with Gasteiger partial charge in [0.2, 0.25) is 0 Å². The van der Waals surface area contributed by atoms with Crippen LogP contribution in [0.5, 0.6) is 0 Å². The van der Waals surface area contributed by atoms with Gasteiger partial charge in [0.15, 0.2) is 11.6 Å². The molecule has 0 aliphatic rings. The van der Waals surface area contributed by atoms with Gasteiger partial charge in [-0.2, -0.15) is 5.26 Å². The van der Waals surface area contributed by atoms with Gasteiger partial charge in [-0.05, 0) is 32.5 Å². The van der Waals surface area contributed by atoms with E-state index in [1.807, 2.05) is 7.05 Å². The Morgan fingerprint density at radius 2 is 1.95 bits per heavy atom. The largest absolute Gasteiger partial charge is 0.379 e. The van der Waals surface area contributed by atoms with E-state index in [2.05, 4.69) is 24.1 Å². The van der Waals surface area contributed by atoms with Crippen molar-refractivity contribution in [3.63, 3.8) is 0 Å². The number of anilines is 1. The molecular formula is C14H19F2N3. The Hall–Kier alpha value is -1.67. The molecule has 0 bridgehead atoms. The van der Waals surface area contributed by atoms with Crippen LogP contribution >= 0.6 is 0 Å². The molecule has 19 heavy (non-hydrogen) atoms. The number of rotatable bonds is 6. The van der Waals surface area contributed by atoms with Crippen LogP contribution in [0.2, 0.25) is 0 Å². The van der Waals surface area contributed by atoms with Crippen LogP contribution in [0.1, 0.15) is 25.8 Å². The van der Waals surface area contributed by atoms with Crippen LogP contribution in [-0.4, -0.2) is 31.1 Å². The molecule has 0 aliphatic heterocycles. The van der Waals surface area contributed by atoms with E-state index in [0.717, 1.165) is 18.6 Å². The number of nitriles is 1. The fourth-order valence-electron chi connectivity index (χ4n) is 1.70. The normalized spacial score (nSPS) is 12.3. The van der Waals surface area contributed by atoms with Gasteiger partial charge in [-0.1, -0.05) is 6.92 Å². The Morgan fingerprint density at radius 1 is 1.37 bits per heavy atom. The SMILES string of the molecule is CCC(C)N(C)CCNc1c(F)cc(C#N)cc1F. The first-order chi connectivity index (χ1) is 8.99. The molecule has 0 radical (unpaired) electrons. The molecule has 1 aromatic rings. The number of hydrogen-bond acceptors (Lipinski definition) is 3. The minimum absolute atomic E-state index is 0.0164. The third-order valence-electron chi connectivity index (χ3n) is 3.28. The molecule has 0 heterocycles. The summed E-state index contributed by atoms with van der Waals surface area (Å²) in [6, 6.07) is 4.21. The lowest BCUT2D eigenvalue weighted by Gasteiger charge is -2.23. The number of benzene rings is 1. The van der Waals surface area contributed by atoms with Crippen LogP contribution in [0.3, 0.4) is 0 Å². The molecule has 0 aliphatic carbocycles. The molecular weight excluding hydrogens is 248 g/mol. The standard InChI is InChI=1S/C14H19F2N3/c1-4-10(2)19(3)6-5-18-14-12(15)7-11(9-17)8-13(14)16/h7-8,10,18H,4-6H2,1-3H3. The van der Waals surface area contributed by atoms with E-state index in [9.17, 15) is 8.78 Å². The first-order valence-corrected chi connectivity index (χ1v) is 6.32. The van der Waals surface area contributed by atoms with Crippen molar-refractivity contribution in [2.45, 2.75) is 26.3 Å². The molecule has 3 nitrogen and oxygen atoms in total. The zero-order chi connectivity index (χ0) is 14.4. The Balaban J connectivity index is 2.62. The third-order valence-corrected chi connectivity index (χ3v) is 3.28. The summed E-state index contributed by atoms with van der Waals surface area (Å²) in [5.74, 6) is -1.47. The molecule has 1 unspecified atom stereocenters. The van der Waals surface area contributed by atoms with E-state index in [1.165, 1.54) is 0 Å². The third kappa shape index (κ3) is 4.18. The van der Waals surface area contributed by atoms with Gasteiger partial charge in [0, 0.05) is 19.1 Å². The van der Waals surface area contributed by atoms with E-state index in [-0.39, 0.29) is 11.3 Å². The first-order valence-electron chi connectivity index (χ1n) is 6.32. The molecule has 0 fully saturated rings. The van der Waals surface area contributed by atoms with Gasteiger partial charge in [0.1, 0.15) is 5.69 Å². The van der Waals surface area contributed by atoms with E-state index in [4.69, 9.17) is 5.26 Å². The van der Waals surface area contributed by atoms with E-state index >= 15 is 0 Å². The number of nitrogens with zero attached hydrogens (tertiary/aromatic N) is 2. The van der Waals surface area contributed by atoms with Crippen LogP contribution in [0.15, 0.2) is 12.1 Å². The van der Waals surface area contributed by atoms with Crippen molar-refractivity contribution in [3.8, 4) is 6.07 Å². The number of hydrogen-bond donors (Lipinski definition) is 1. The van der Waals surface area contributed by atoms with Crippen molar-refractivity contribution in [2.24, 2.45) is 0 Å². The number of halogens is 2. The van der Waals surface area contributed by atoms with Gasteiger partial charge >= 0.3 is 0 Å². The summed E-state index contributed by atoms with van der Waals surface area (Å²) in [5.41, 5.74) is -0.186. The number of likely N-dealkylation sites (N-methyl/N-ethyl adjacent to an activating group) is 1. The highest BCUT2D eigenvalue weighted by atomic mass is 19.1. The van der Waals surface area contributed by atoms with Gasteiger partial charge in [-0.25, -0.2) is 8.78 Å². The summed E-state index contributed by atoms with van der Waals surface area (Å²) in [6.45, 7) is 5.33. The van der Waals surface area contributed by atoms with E-state index in [1.54, 1.807) is 6.07 Å². The second-order valence-electron chi connectivity index (χ2n) is 4.59. The highest BCUT2D eigenvalue weighted by molar-refractivity contribution is 5.50. The molecule has 1 aromatic carbocycles. The highest BCUT2D eigenvalue weighted by Crippen LogP contribution is 2.20. The van der Waals surface area contributed by atoms with Gasteiger partial charge < -0.3 is 10.2 Å². The zero-order valence-electron chi connectivity index (χ0n) is 11.5. The monoisotopic (exact) mass is 267 g/mol. The summed E-state index contributed by atoms with van der Waals surface area (Å²) in [5, 5.41) is 11.3. The molecule has 104 valence electrons. The lowest BCUT2D eigenvalue weighted by Crippen LogP contribution is -2.32. The van der Waals surface area contributed by atoms with Crippen molar-refractivity contribution in [3.05, 3.63) is 29.3 Å². The van der Waals surface area contributed by atoms with Gasteiger partial charge in [0.25, 0.3) is 0 Å². The summed E-state index contributed by atoms with van der Waals surface area (Å²) >= 11 is 0. The van der Waals surface area contributed by atoms with Crippen LogP contribution in [0.4, 0.5) is 14.5 Å². The molecule has 0 spiro atoms. The van der Waals surface area contributed by atoms with Crippen molar-refractivity contribution in [1.82, 2.24) is 4.90 Å². The van der Waals surface area contributed by atoms with Crippen molar-refractivity contribution < 1.29 is 8.78 Å². The summed E-state index contributed by atoms with van der Waals surface area (Å²) in [4.78, 5) is 2.12.